The topological polar surface area (TPSA) is 32.3 Å². The first kappa shape index (κ1) is 13.0. The van der Waals surface area contributed by atoms with Gasteiger partial charge in [-0.2, -0.15) is 0 Å². The monoisotopic (exact) mass is 213 g/mol. The lowest BCUT2D eigenvalue weighted by Gasteiger charge is -2.14. The molecule has 0 aliphatic heterocycles. The number of hydrogen-bond donors (Lipinski definition) is 2. The molecule has 0 spiro atoms. The van der Waals surface area contributed by atoms with Gasteiger partial charge in [0.05, 0.1) is 0 Å². The molecule has 2 nitrogen and oxygen atoms in total. The van der Waals surface area contributed by atoms with Crippen molar-refractivity contribution in [2.75, 3.05) is 19.7 Å². The molecule has 1 saturated carbocycles. The van der Waals surface area contributed by atoms with Crippen LogP contribution in [0.5, 0.6) is 0 Å². The highest BCUT2D eigenvalue weighted by Gasteiger charge is 2.22. The van der Waals surface area contributed by atoms with E-state index < -0.39 is 0 Å². The Morgan fingerprint density at radius 1 is 1.13 bits per heavy atom. The van der Waals surface area contributed by atoms with Gasteiger partial charge in [-0.1, -0.05) is 39.0 Å². The van der Waals surface area contributed by atoms with E-state index in [4.69, 9.17) is 5.11 Å². The van der Waals surface area contributed by atoms with Crippen molar-refractivity contribution >= 4 is 0 Å². The molecule has 15 heavy (non-hydrogen) atoms. The Morgan fingerprint density at radius 2 is 1.93 bits per heavy atom. The highest BCUT2D eigenvalue weighted by atomic mass is 16.3. The molecule has 0 saturated heterocycles. The van der Waals surface area contributed by atoms with E-state index in [2.05, 4.69) is 12.2 Å². The van der Waals surface area contributed by atoms with E-state index in [0.29, 0.717) is 6.61 Å². The minimum absolute atomic E-state index is 0.312. The maximum absolute atomic E-state index is 8.60. The zero-order valence-corrected chi connectivity index (χ0v) is 10.2. The van der Waals surface area contributed by atoms with Crippen molar-refractivity contribution in [1.82, 2.24) is 5.32 Å². The van der Waals surface area contributed by atoms with Crippen molar-refractivity contribution in [2.24, 2.45) is 11.8 Å². The van der Waals surface area contributed by atoms with Crippen molar-refractivity contribution < 1.29 is 5.11 Å². The Labute approximate surface area is 94.5 Å². The molecular formula is C13H27NO. The maximum atomic E-state index is 8.60. The minimum atomic E-state index is 0.312. The van der Waals surface area contributed by atoms with Gasteiger partial charge in [-0.3, -0.25) is 0 Å². The molecule has 2 heteroatoms. The summed E-state index contributed by atoms with van der Waals surface area (Å²) in [5.41, 5.74) is 0. The van der Waals surface area contributed by atoms with Crippen LogP contribution in [0.2, 0.25) is 0 Å². The smallest absolute Gasteiger partial charge is 0.0443 e. The van der Waals surface area contributed by atoms with Crippen molar-refractivity contribution in [1.29, 1.82) is 0 Å². The third kappa shape index (κ3) is 5.53. The number of aliphatic hydroxyl groups is 1. The van der Waals surface area contributed by atoms with Crippen LogP contribution in [0.15, 0.2) is 0 Å². The summed E-state index contributed by atoms with van der Waals surface area (Å²) in [6.07, 6.45) is 9.39. The summed E-state index contributed by atoms with van der Waals surface area (Å²) in [7, 11) is 0. The van der Waals surface area contributed by atoms with Crippen LogP contribution in [0.1, 0.15) is 51.9 Å². The molecule has 0 aromatic heterocycles. The van der Waals surface area contributed by atoms with E-state index in [0.717, 1.165) is 31.3 Å². The number of aliphatic hydroxyl groups excluding tert-OH is 1. The molecule has 2 atom stereocenters. The molecule has 0 aromatic rings. The summed E-state index contributed by atoms with van der Waals surface area (Å²) in [5.74, 6) is 2.00. The second-order valence-electron chi connectivity index (χ2n) is 4.99. The predicted molar refractivity (Wildman–Crippen MR) is 64.9 cm³/mol. The first-order chi connectivity index (χ1) is 7.34. The molecule has 0 aromatic carbocycles. The average Bonchev–Trinajstić information content (AvgIpc) is 2.63. The molecule has 2 N–H and O–H groups in total. The average molecular weight is 213 g/mol. The third-order valence-electron chi connectivity index (χ3n) is 3.73. The van der Waals surface area contributed by atoms with Gasteiger partial charge in [0.25, 0.3) is 0 Å². The van der Waals surface area contributed by atoms with Crippen LogP contribution >= 0.6 is 0 Å². The van der Waals surface area contributed by atoms with Gasteiger partial charge in [-0.25, -0.2) is 0 Å². The van der Waals surface area contributed by atoms with E-state index in [-0.39, 0.29) is 0 Å². The van der Waals surface area contributed by atoms with Crippen molar-refractivity contribution in [3.63, 3.8) is 0 Å². The van der Waals surface area contributed by atoms with Crippen LogP contribution in [-0.2, 0) is 0 Å². The van der Waals surface area contributed by atoms with E-state index in [1.165, 1.54) is 38.5 Å². The van der Waals surface area contributed by atoms with Gasteiger partial charge in [0.2, 0.25) is 0 Å². The van der Waals surface area contributed by atoms with Crippen molar-refractivity contribution in [3.8, 4) is 0 Å². The Hall–Kier alpha value is -0.0800. The second kappa shape index (κ2) is 8.12. The lowest BCUT2D eigenvalue weighted by molar-refractivity contribution is 0.285. The number of nitrogens with one attached hydrogen (secondary N) is 1. The van der Waals surface area contributed by atoms with Gasteiger partial charge < -0.3 is 10.4 Å². The highest BCUT2D eigenvalue weighted by Crippen LogP contribution is 2.34. The highest BCUT2D eigenvalue weighted by molar-refractivity contribution is 4.73. The second-order valence-corrected chi connectivity index (χ2v) is 4.99. The van der Waals surface area contributed by atoms with Gasteiger partial charge in [-0.05, 0) is 37.8 Å². The van der Waals surface area contributed by atoms with E-state index in [1.54, 1.807) is 0 Å². The van der Waals surface area contributed by atoms with Crippen LogP contribution in [0.25, 0.3) is 0 Å². The van der Waals surface area contributed by atoms with Crippen molar-refractivity contribution in [3.05, 3.63) is 0 Å². The summed E-state index contributed by atoms with van der Waals surface area (Å²) in [4.78, 5) is 0. The number of unbranched alkanes of at least 4 members (excludes halogenated alkanes) is 1. The summed E-state index contributed by atoms with van der Waals surface area (Å²) >= 11 is 0. The van der Waals surface area contributed by atoms with Crippen LogP contribution in [0.4, 0.5) is 0 Å². The fourth-order valence-corrected chi connectivity index (χ4v) is 2.64. The fraction of sp³-hybridized carbons (Fsp3) is 1.00. The SMILES string of the molecule is CC1CCCC1CCCCNCCCO. The molecule has 0 heterocycles. The largest absolute Gasteiger partial charge is 0.396 e. The van der Waals surface area contributed by atoms with Crippen molar-refractivity contribution in [2.45, 2.75) is 51.9 Å². The van der Waals surface area contributed by atoms with Gasteiger partial charge in [0.1, 0.15) is 0 Å². The molecule has 90 valence electrons. The molecule has 0 radical (unpaired) electrons. The van der Waals surface area contributed by atoms with Gasteiger partial charge >= 0.3 is 0 Å². The zero-order valence-electron chi connectivity index (χ0n) is 10.2. The van der Waals surface area contributed by atoms with E-state index in [9.17, 15) is 0 Å². The normalized spacial score (nSPS) is 26.0. The van der Waals surface area contributed by atoms with E-state index >= 15 is 0 Å². The van der Waals surface area contributed by atoms with Crippen LogP contribution in [0.3, 0.4) is 0 Å². The predicted octanol–water partition coefficient (Wildman–Crippen LogP) is 2.56. The molecule has 1 fully saturated rings. The van der Waals surface area contributed by atoms with Crippen LogP contribution < -0.4 is 5.32 Å². The fourth-order valence-electron chi connectivity index (χ4n) is 2.64. The Balaban J connectivity index is 1.84. The quantitative estimate of drug-likeness (QED) is 0.607. The molecule has 1 aliphatic carbocycles. The minimum Gasteiger partial charge on any atom is -0.396 e. The maximum Gasteiger partial charge on any atom is 0.0443 e. The zero-order chi connectivity index (χ0) is 10.9. The lowest BCUT2D eigenvalue weighted by atomic mass is 9.92. The van der Waals surface area contributed by atoms with E-state index in [1.807, 2.05) is 0 Å². The summed E-state index contributed by atoms with van der Waals surface area (Å²) in [6, 6.07) is 0. The number of hydrogen-bond acceptors (Lipinski definition) is 2. The molecule has 0 amide bonds. The Kier molecular flexibility index (Phi) is 7.03. The summed E-state index contributed by atoms with van der Waals surface area (Å²) in [6.45, 7) is 4.82. The van der Waals surface area contributed by atoms with Crippen LogP contribution in [0, 0.1) is 11.8 Å². The van der Waals surface area contributed by atoms with Gasteiger partial charge in [0, 0.05) is 6.61 Å². The molecule has 1 aliphatic rings. The first-order valence-electron chi connectivity index (χ1n) is 6.66. The lowest BCUT2D eigenvalue weighted by Crippen LogP contribution is -2.17. The first-order valence-corrected chi connectivity index (χ1v) is 6.66. The molecule has 2 unspecified atom stereocenters. The van der Waals surface area contributed by atoms with Gasteiger partial charge in [0.15, 0.2) is 0 Å². The standard InChI is InChI=1S/C13H27NO/c1-12-6-4-8-13(12)7-2-3-9-14-10-5-11-15/h12-15H,2-11H2,1H3. The van der Waals surface area contributed by atoms with Crippen LogP contribution in [-0.4, -0.2) is 24.8 Å². The molecule has 1 rings (SSSR count). The summed E-state index contributed by atoms with van der Waals surface area (Å²) < 4.78 is 0. The third-order valence-corrected chi connectivity index (χ3v) is 3.73. The molecular weight excluding hydrogens is 186 g/mol. The molecule has 0 bridgehead atoms. The Morgan fingerprint density at radius 3 is 2.60 bits per heavy atom. The Bertz CT molecular complexity index is 149. The van der Waals surface area contributed by atoms with Gasteiger partial charge in [-0.15, -0.1) is 0 Å². The number of rotatable bonds is 8. The summed E-state index contributed by atoms with van der Waals surface area (Å²) in [5, 5.41) is 12.0.